The number of carbonyl (C=O) groups is 1. The van der Waals surface area contributed by atoms with Crippen molar-refractivity contribution in [1.29, 1.82) is 0 Å². The van der Waals surface area contributed by atoms with Crippen LogP contribution < -0.4 is 10.9 Å². The summed E-state index contributed by atoms with van der Waals surface area (Å²) >= 11 is 0. The zero-order valence-corrected chi connectivity index (χ0v) is 14.8. The first-order valence-corrected chi connectivity index (χ1v) is 9.00. The van der Waals surface area contributed by atoms with E-state index in [0.717, 1.165) is 17.5 Å². The number of aromatic amines is 2. The van der Waals surface area contributed by atoms with Gasteiger partial charge in [-0.05, 0) is 30.2 Å². The Morgan fingerprint density at radius 2 is 1.78 bits per heavy atom. The molecule has 4 rings (SSSR count). The van der Waals surface area contributed by atoms with Crippen LogP contribution in [-0.2, 0) is 17.6 Å². The molecule has 2 aromatic heterocycles. The van der Waals surface area contributed by atoms with Gasteiger partial charge in [0.05, 0.1) is 11.0 Å². The molecule has 0 radical (unpaired) electrons. The predicted molar refractivity (Wildman–Crippen MR) is 106 cm³/mol. The van der Waals surface area contributed by atoms with Crippen LogP contribution in [0.1, 0.15) is 17.7 Å². The van der Waals surface area contributed by atoms with Gasteiger partial charge in [-0.3, -0.25) is 9.59 Å². The minimum Gasteiger partial charge on any atom is -0.361 e. The largest absolute Gasteiger partial charge is 0.361 e. The third-order valence-electron chi connectivity index (χ3n) is 4.65. The van der Waals surface area contributed by atoms with Crippen LogP contribution in [0.4, 0.5) is 0 Å². The van der Waals surface area contributed by atoms with Gasteiger partial charge in [-0.2, -0.15) is 0 Å². The van der Waals surface area contributed by atoms with Crippen LogP contribution in [0.25, 0.3) is 21.9 Å². The molecular formula is C21H20N4O2. The number of fused-ring (bicyclic) bond motifs is 2. The van der Waals surface area contributed by atoms with Crippen LogP contribution in [0.15, 0.2) is 59.5 Å². The maximum absolute atomic E-state index is 12.1. The van der Waals surface area contributed by atoms with Crippen molar-refractivity contribution in [2.75, 3.05) is 6.54 Å². The van der Waals surface area contributed by atoms with Gasteiger partial charge in [0, 0.05) is 36.5 Å². The van der Waals surface area contributed by atoms with Gasteiger partial charge in [0.15, 0.2) is 0 Å². The quantitative estimate of drug-likeness (QED) is 0.494. The van der Waals surface area contributed by atoms with Crippen LogP contribution >= 0.6 is 0 Å². The summed E-state index contributed by atoms with van der Waals surface area (Å²) in [6, 6.07) is 15.5. The Morgan fingerprint density at radius 1 is 1.00 bits per heavy atom. The summed E-state index contributed by atoms with van der Waals surface area (Å²) in [5, 5.41) is 4.10. The highest BCUT2D eigenvalue weighted by Gasteiger charge is 2.09. The SMILES string of the molecule is O=C(CCc1nc2ccccc2[nH]c1=O)NCCc1c[nH]c2ccccc12. The van der Waals surface area contributed by atoms with E-state index in [1.54, 1.807) is 0 Å². The molecule has 27 heavy (non-hydrogen) atoms. The third kappa shape index (κ3) is 3.74. The lowest BCUT2D eigenvalue weighted by Gasteiger charge is -2.05. The van der Waals surface area contributed by atoms with Gasteiger partial charge in [0.2, 0.25) is 5.91 Å². The first-order chi connectivity index (χ1) is 13.2. The molecule has 0 unspecified atom stereocenters. The van der Waals surface area contributed by atoms with Crippen molar-refractivity contribution in [3.63, 3.8) is 0 Å². The third-order valence-corrected chi connectivity index (χ3v) is 4.65. The summed E-state index contributed by atoms with van der Waals surface area (Å²) < 4.78 is 0. The highest BCUT2D eigenvalue weighted by molar-refractivity contribution is 5.83. The van der Waals surface area contributed by atoms with Crippen LogP contribution in [0.2, 0.25) is 0 Å². The second-order valence-electron chi connectivity index (χ2n) is 6.49. The Balaban J connectivity index is 1.32. The fraction of sp³-hybridized carbons (Fsp3) is 0.190. The lowest BCUT2D eigenvalue weighted by atomic mass is 10.1. The molecule has 4 aromatic rings. The van der Waals surface area contributed by atoms with E-state index in [-0.39, 0.29) is 17.9 Å². The molecule has 6 heteroatoms. The van der Waals surface area contributed by atoms with E-state index in [2.05, 4.69) is 26.3 Å². The monoisotopic (exact) mass is 360 g/mol. The zero-order chi connectivity index (χ0) is 18.6. The van der Waals surface area contributed by atoms with Gasteiger partial charge in [-0.1, -0.05) is 30.3 Å². The Hall–Kier alpha value is -3.41. The molecule has 0 saturated carbocycles. The van der Waals surface area contributed by atoms with Crippen LogP contribution in [-0.4, -0.2) is 27.4 Å². The lowest BCUT2D eigenvalue weighted by molar-refractivity contribution is -0.121. The van der Waals surface area contributed by atoms with E-state index in [4.69, 9.17) is 0 Å². The second-order valence-corrected chi connectivity index (χ2v) is 6.49. The van der Waals surface area contributed by atoms with Gasteiger partial charge >= 0.3 is 0 Å². The number of carbonyl (C=O) groups excluding carboxylic acids is 1. The van der Waals surface area contributed by atoms with E-state index in [0.29, 0.717) is 24.2 Å². The number of nitrogens with zero attached hydrogens (tertiary/aromatic N) is 1. The topological polar surface area (TPSA) is 90.6 Å². The molecule has 0 aliphatic heterocycles. The normalized spacial score (nSPS) is 11.1. The van der Waals surface area contributed by atoms with Crippen LogP contribution in [0, 0.1) is 0 Å². The molecule has 0 saturated heterocycles. The molecule has 3 N–H and O–H groups in total. The number of rotatable bonds is 6. The smallest absolute Gasteiger partial charge is 0.270 e. The highest BCUT2D eigenvalue weighted by atomic mass is 16.1. The average molecular weight is 360 g/mol. The molecule has 0 fully saturated rings. The Kier molecular flexibility index (Phi) is 4.70. The Bertz CT molecular complexity index is 1160. The number of aryl methyl sites for hydroxylation is 1. The van der Waals surface area contributed by atoms with E-state index >= 15 is 0 Å². The molecule has 0 bridgehead atoms. The molecular weight excluding hydrogens is 340 g/mol. The fourth-order valence-corrected chi connectivity index (χ4v) is 3.23. The van der Waals surface area contributed by atoms with E-state index < -0.39 is 0 Å². The number of amides is 1. The van der Waals surface area contributed by atoms with Crippen LogP contribution in [0.3, 0.4) is 0 Å². The highest BCUT2D eigenvalue weighted by Crippen LogP contribution is 2.17. The predicted octanol–water partition coefficient (Wildman–Crippen LogP) is 2.70. The van der Waals surface area contributed by atoms with E-state index in [1.807, 2.05) is 48.7 Å². The second kappa shape index (κ2) is 7.45. The lowest BCUT2D eigenvalue weighted by Crippen LogP contribution is -2.27. The maximum Gasteiger partial charge on any atom is 0.270 e. The summed E-state index contributed by atoms with van der Waals surface area (Å²) in [5.74, 6) is -0.0794. The minimum atomic E-state index is -0.236. The average Bonchev–Trinajstić information content (AvgIpc) is 3.09. The number of para-hydroxylation sites is 3. The van der Waals surface area contributed by atoms with Gasteiger partial charge in [0.25, 0.3) is 5.56 Å². The number of H-pyrrole nitrogens is 2. The zero-order valence-electron chi connectivity index (χ0n) is 14.8. The summed E-state index contributed by atoms with van der Waals surface area (Å²) in [5.41, 5.74) is 3.86. The van der Waals surface area contributed by atoms with Crippen molar-refractivity contribution in [1.82, 2.24) is 20.3 Å². The summed E-state index contributed by atoms with van der Waals surface area (Å²) in [7, 11) is 0. The number of hydrogen-bond acceptors (Lipinski definition) is 3. The summed E-state index contributed by atoms with van der Waals surface area (Å²) in [6.45, 7) is 0.558. The standard InChI is InChI=1S/C21H20N4O2/c26-20(22-12-11-14-13-23-16-6-2-1-5-15(14)16)10-9-19-21(27)25-18-8-4-3-7-17(18)24-19/h1-8,13,23H,9-12H2,(H,22,26)(H,25,27). The molecule has 1 amide bonds. The molecule has 6 nitrogen and oxygen atoms in total. The van der Waals surface area contributed by atoms with Crippen molar-refractivity contribution >= 4 is 27.8 Å². The van der Waals surface area contributed by atoms with Gasteiger partial charge in [-0.25, -0.2) is 4.98 Å². The van der Waals surface area contributed by atoms with Crippen molar-refractivity contribution in [3.05, 3.63) is 76.3 Å². The number of benzene rings is 2. The van der Waals surface area contributed by atoms with E-state index in [9.17, 15) is 9.59 Å². The Labute approximate surface area is 155 Å². The number of nitrogens with one attached hydrogen (secondary N) is 3. The molecule has 2 aromatic carbocycles. The van der Waals surface area contributed by atoms with Gasteiger partial charge in [0.1, 0.15) is 5.69 Å². The van der Waals surface area contributed by atoms with Gasteiger partial charge < -0.3 is 15.3 Å². The fourth-order valence-electron chi connectivity index (χ4n) is 3.23. The Morgan fingerprint density at radius 3 is 2.67 bits per heavy atom. The molecule has 0 aliphatic carbocycles. The number of hydrogen-bond donors (Lipinski definition) is 3. The van der Waals surface area contributed by atoms with Crippen molar-refractivity contribution in [3.8, 4) is 0 Å². The van der Waals surface area contributed by atoms with Crippen molar-refractivity contribution in [2.24, 2.45) is 0 Å². The maximum atomic E-state index is 12.1. The molecule has 0 spiro atoms. The summed E-state index contributed by atoms with van der Waals surface area (Å²) in [6.07, 6.45) is 3.29. The summed E-state index contributed by atoms with van der Waals surface area (Å²) in [4.78, 5) is 34.6. The molecule has 2 heterocycles. The molecule has 136 valence electrons. The van der Waals surface area contributed by atoms with Crippen molar-refractivity contribution < 1.29 is 4.79 Å². The first-order valence-electron chi connectivity index (χ1n) is 9.00. The first kappa shape index (κ1) is 17.0. The number of aromatic nitrogens is 3. The van der Waals surface area contributed by atoms with E-state index in [1.165, 1.54) is 10.9 Å². The molecule has 0 aliphatic rings. The van der Waals surface area contributed by atoms with Gasteiger partial charge in [-0.15, -0.1) is 0 Å². The molecule has 0 atom stereocenters. The van der Waals surface area contributed by atoms with Crippen molar-refractivity contribution in [2.45, 2.75) is 19.3 Å². The minimum absolute atomic E-state index is 0.0794. The van der Waals surface area contributed by atoms with Crippen LogP contribution in [0.5, 0.6) is 0 Å².